The van der Waals surface area contributed by atoms with Crippen LogP contribution in [0.2, 0.25) is 0 Å². The van der Waals surface area contributed by atoms with Crippen LogP contribution in [-0.4, -0.2) is 31.9 Å². The molecule has 0 spiro atoms. The maximum atomic E-state index is 13.6. The van der Waals surface area contributed by atoms with Crippen LogP contribution in [-0.2, 0) is 10.0 Å². The summed E-state index contributed by atoms with van der Waals surface area (Å²) >= 11 is 0. The first-order chi connectivity index (χ1) is 8.87. The van der Waals surface area contributed by atoms with Crippen molar-refractivity contribution in [2.24, 2.45) is 11.7 Å². The van der Waals surface area contributed by atoms with E-state index in [0.29, 0.717) is 12.5 Å². The summed E-state index contributed by atoms with van der Waals surface area (Å²) in [6, 6.07) is 2.05. The molecule has 2 unspecified atom stereocenters. The number of rotatable bonds is 3. The van der Waals surface area contributed by atoms with Gasteiger partial charge in [0.05, 0.1) is 0 Å². The Hall–Kier alpha value is -1.05. The van der Waals surface area contributed by atoms with Gasteiger partial charge in [0.2, 0.25) is 10.0 Å². The molecule has 2 rings (SSSR count). The van der Waals surface area contributed by atoms with Gasteiger partial charge in [-0.15, -0.1) is 0 Å². The second-order valence-corrected chi connectivity index (χ2v) is 6.62. The third-order valence-electron chi connectivity index (χ3n) is 3.55. The van der Waals surface area contributed by atoms with E-state index in [0.717, 1.165) is 12.1 Å². The fourth-order valence-electron chi connectivity index (χ4n) is 2.42. The largest absolute Gasteiger partial charge is 0.329 e. The van der Waals surface area contributed by atoms with Gasteiger partial charge in [0.25, 0.3) is 0 Å². The van der Waals surface area contributed by atoms with E-state index in [2.05, 4.69) is 0 Å². The van der Waals surface area contributed by atoms with Crippen LogP contribution in [0.25, 0.3) is 0 Å². The molecule has 1 aliphatic heterocycles. The molecule has 19 heavy (non-hydrogen) atoms. The number of hydrogen-bond acceptors (Lipinski definition) is 3. The summed E-state index contributed by atoms with van der Waals surface area (Å²) < 4.78 is 52.7. The Bertz CT molecular complexity index is 577. The monoisotopic (exact) mass is 290 g/mol. The van der Waals surface area contributed by atoms with Gasteiger partial charge < -0.3 is 5.73 Å². The molecule has 0 aromatic heterocycles. The summed E-state index contributed by atoms with van der Waals surface area (Å²) in [4.78, 5) is -0.625. The van der Waals surface area contributed by atoms with E-state index in [-0.39, 0.29) is 25.0 Å². The van der Waals surface area contributed by atoms with E-state index in [1.165, 1.54) is 4.31 Å². The molecule has 1 saturated heterocycles. The predicted molar refractivity (Wildman–Crippen MR) is 66.9 cm³/mol. The van der Waals surface area contributed by atoms with Crippen LogP contribution in [0.3, 0.4) is 0 Å². The fourth-order valence-corrected chi connectivity index (χ4v) is 4.25. The molecule has 1 heterocycles. The van der Waals surface area contributed by atoms with Gasteiger partial charge in [0.1, 0.15) is 16.5 Å². The zero-order chi connectivity index (χ0) is 14.2. The predicted octanol–water partition coefficient (Wildman–Crippen LogP) is 1.32. The zero-order valence-electron chi connectivity index (χ0n) is 10.5. The van der Waals surface area contributed by atoms with E-state index in [1.54, 1.807) is 0 Å². The Kier molecular flexibility index (Phi) is 3.89. The second-order valence-electron chi connectivity index (χ2n) is 4.76. The molecule has 4 nitrogen and oxygen atoms in total. The summed E-state index contributed by atoms with van der Waals surface area (Å²) in [6.07, 6.45) is 0.665. The van der Waals surface area contributed by atoms with Gasteiger partial charge in [-0.1, -0.05) is 6.92 Å². The van der Waals surface area contributed by atoms with Crippen molar-refractivity contribution >= 4 is 10.0 Å². The molecule has 106 valence electrons. The quantitative estimate of drug-likeness (QED) is 0.913. The lowest BCUT2D eigenvalue weighted by Crippen LogP contribution is -2.42. The molecule has 7 heteroatoms. The van der Waals surface area contributed by atoms with Gasteiger partial charge in [0, 0.05) is 19.1 Å². The van der Waals surface area contributed by atoms with E-state index >= 15 is 0 Å². The molecule has 0 radical (unpaired) electrons. The normalized spacial score (nSPS) is 24.8. The van der Waals surface area contributed by atoms with Crippen LogP contribution in [0.15, 0.2) is 23.1 Å². The molecule has 2 atom stereocenters. The van der Waals surface area contributed by atoms with E-state index < -0.39 is 26.6 Å². The summed E-state index contributed by atoms with van der Waals surface area (Å²) in [5.74, 6) is -1.62. The molecule has 0 amide bonds. The summed E-state index contributed by atoms with van der Waals surface area (Å²) in [5, 5.41) is 0. The first kappa shape index (κ1) is 14.4. The minimum absolute atomic E-state index is 0.108. The van der Waals surface area contributed by atoms with E-state index in [9.17, 15) is 17.2 Å². The van der Waals surface area contributed by atoms with Crippen LogP contribution >= 0.6 is 0 Å². The third kappa shape index (κ3) is 2.50. The fraction of sp³-hybridized carbons (Fsp3) is 0.500. The number of benzene rings is 1. The van der Waals surface area contributed by atoms with Crippen molar-refractivity contribution in [3.63, 3.8) is 0 Å². The van der Waals surface area contributed by atoms with Gasteiger partial charge in [-0.3, -0.25) is 0 Å². The molecule has 0 aliphatic carbocycles. The van der Waals surface area contributed by atoms with E-state index in [1.807, 2.05) is 6.92 Å². The summed E-state index contributed by atoms with van der Waals surface area (Å²) in [5.41, 5.74) is 5.58. The molecule has 1 aromatic carbocycles. The second kappa shape index (κ2) is 5.15. The number of halogens is 2. The highest BCUT2D eigenvalue weighted by Gasteiger charge is 2.39. The summed E-state index contributed by atoms with van der Waals surface area (Å²) in [7, 11) is -4.05. The van der Waals surface area contributed by atoms with Crippen molar-refractivity contribution in [2.45, 2.75) is 24.3 Å². The van der Waals surface area contributed by atoms with Crippen LogP contribution < -0.4 is 5.73 Å². The molecule has 1 aliphatic rings. The lowest BCUT2D eigenvalue weighted by molar-refractivity contribution is 0.352. The van der Waals surface area contributed by atoms with Crippen LogP contribution in [0, 0.1) is 17.6 Å². The third-order valence-corrected chi connectivity index (χ3v) is 5.49. The van der Waals surface area contributed by atoms with Gasteiger partial charge in [-0.25, -0.2) is 17.2 Å². The minimum atomic E-state index is -4.05. The van der Waals surface area contributed by atoms with Crippen LogP contribution in [0.1, 0.15) is 13.3 Å². The number of sulfonamides is 1. The van der Waals surface area contributed by atoms with Crippen molar-refractivity contribution in [3.05, 3.63) is 29.8 Å². The number of hydrogen-bond donors (Lipinski definition) is 1. The Labute approximate surface area is 111 Å². The highest BCUT2D eigenvalue weighted by atomic mass is 32.2. The van der Waals surface area contributed by atoms with Crippen molar-refractivity contribution in [3.8, 4) is 0 Å². The molecule has 1 aromatic rings. The highest BCUT2D eigenvalue weighted by Crippen LogP contribution is 2.30. The van der Waals surface area contributed by atoms with Gasteiger partial charge >= 0.3 is 0 Å². The SMILES string of the molecule is CC1CCN(S(=O)(=O)c2cc(F)ccc2F)C1CN. The van der Waals surface area contributed by atoms with Gasteiger partial charge in [-0.05, 0) is 30.5 Å². The molecule has 2 N–H and O–H groups in total. The lowest BCUT2D eigenvalue weighted by atomic mass is 10.0. The van der Waals surface area contributed by atoms with E-state index in [4.69, 9.17) is 5.73 Å². The molecule has 0 saturated carbocycles. The Morgan fingerprint density at radius 3 is 2.74 bits per heavy atom. The Morgan fingerprint density at radius 2 is 2.11 bits per heavy atom. The van der Waals surface area contributed by atoms with Crippen LogP contribution in [0.4, 0.5) is 8.78 Å². The molecular weight excluding hydrogens is 274 g/mol. The van der Waals surface area contributed by atoms with Crippen molar-refractivity contribution in [1.82, 2.24) is 4.31 Å². The number of nitrogens with two attached hydrogens (primary N) is 1. The molecular formula is C12H16F2N2O2S. The molecule has 0 bridgehead atoms. The number of nitrogens with zero attached hydrogens (tertiary/aromatic N) is 1. The topological polar surface area (TPSA) is 63.4 Å². The average molecular weight is 290 g/mol. The van der Waals surface area contributed by atoms with Crippen molar-refractivity contribution in [2.75, 3.05) is 13.1 Å². The zero-order valence-corrected chi connectivity index (χ0v) is 11.3. The Balaban J connectivity index is 2.45. The highest BCUT2D eigenvalue weighted by molar-refractivity contribution is 7.89. The minimum Gasteiger partial charge on any atom is -0.329 e. The molecule has 1 fully saturated rings. The van der Waals surface area contributed by atoms with Gasteiger partial charge in [0.15, 0.2) is 0 Å². The Morgan fingerprint density at radius 1 is 1.42 bits per heavy atom. The van der Waals surface area contributed by atoms with Crippen molar-refractivity contribution < 1.29 is 17.2 Å². The maximum Gasteiger partial charge on any atom is 0.246 e. The lowest BCUT2D eigenvalue weighted by Gasteiger charge is -2.25. The van der Waals surface area contributed by atoms with Crippen molar-refractivity contribution in [1.29, 1.82) is 0 Å². The first-order valence-electron chi connectivity index (χ1n) is 6.05. The maximum absolute atomic E-state index is 13.6. The smallest absolute Gasteiger partial charge is 0.246 e. The van der Waals surface area contributed by atoms with Gasteiger partial charge in [-0.2, -0.15) is 4.31 Å². The van der Waals surface area contributed by atoms with Crippen LogP contribution in [0.5, 0.6) is 0 Å². The standard InChI is InChI=1S/C12H16F2N2O2S/c1-8-4-5-16(11(8)7-15)19(17,18)12-6-9(13)2-3-10(12)14/h2-3,6,8,11H,4-5,7,15H2,1H3. The average Bonchev–Trinajstić information content (AvgIpc) is 2.74. The first-order valence-corrected chi connectivity index (χ1v) is 7.49. The summed E-state index contributed by atoms with van der Waals surface area (Å²) in [6.45, 7) is 2.34.